The number of non-ortho nitro benzene ring substituents is 1. The molecule has 1 aromatic carbocycles. The third-order valence-corrected chi connectivity index (χ3v) is 5.20. The number of fused-ring (bicyclic) bond motifs is 3. The smallest absolute Gasteiger partial charge is 0.269 e. The zero-order valence-electron chi connectivity index (χ0n) is 18.0. The summed E-state index contributed by atoms with van der Waals surface area (Å²) in [5, 5.41) is 15.8. The molecule has 4 rings (SSSR count). The van der Waals surface area contributed by atoms with E-state index in [2.05, 4.69) is 10.6 Å². The van der Waals surface area contributed by atoms with Crippen LogP contribution in [0.3, 0.4) is 0 Å². The Morgan fingerprint density at radius 2 is 1.56 bits per heavy atom. The van der Waals surface area contributed by atoms with Crippen LogP contribution in [0.4, 0.5) is 11.4 Å². The van der Waals surface area contributed by atoms with Gasteiger partial charge in [0.05, 0.1) is 11.5 Å². The van der Waals surface area contributed by atoms with Crippen LogP contribution in [0.15, 0.2) is 24.3 Å². The minimum atomic E-state index is -1.08. The number of hydrogen-bond donors (Lipinski definition) is 2. The summed E-state index contributed by atoms with van der Waals surface area (Å²) >= 11 is 0. The molecular weight excluding hydrogens is 426 g/mol. The first-order valence-corrected chi connectivity index (χ1v) is 10.1. The van der Waals surface area contributed by atoms with Crippen LogP contribution in [0.2, 0.25) is 0 Å². The first kappa shape index (κ1) is 22.6. The summed E-state index contributed by atoms with van der Waals surface area (Å²) in [5.41, 5.74) is 0.265. The molecular formula is C20H25N3O9. The second-order valence-electron chi connectivity index (χ2n) is 8.66. The van der Waals surface area contributed by atoms with Crippen molar-refractivity contribution in [2.75, 3.05) is 11.9 Å². The Kier molecular flexibility index (Phi) is 5.67. The number of benzene rings is 1. The molecule has 12 nitrogen and oxygen atoms in total. The summed E-state index contributed by atoms with van der Waals surface area (Å²) in [4.78, 5) is 35.2. The van der Waals surface area contributed by atoms with Gasteiger partial charge in [-0.05, 0) is 39.8 Å². The molecule has 32 heavy (non-hydrogen) atoms. The van der Waals surface area contributed by atoms with Crippen molar-refractivity contribution in [3.8, 4) is 0 Å². The van der Waals surface area contributed by atoms with E-state index in [1.807, 2.05) is 0 Å². The van der Waals surface area contributed by atoms with Crippen molar-refractivity contribution in [3.05, 3.63) is 34.4 Å². The molecule has 3 fully saturated rings. The van der Waals surface area contributed by atoms with Crippen molar-refractivity contribution < 1.29 is 38.2 Å². The number of nitrogens with one attached hydrogen (secondary N) is 2. The number of carbonyl (C=O) groups excluding carboxylic acids is 2. The minimum Gasteiger partial charge on any atom is -0.345 e. The van der Waals surface area contributed by atoms with E-state index in [-0.39, 0.29) is 12.2 Å². The number of amides is 2. The van der Waals surface area contributed by atoms with Crippen molar-refractivity contribution in [2.45, 2.75) is 70.0 Å². The van der Waals surface area contributed by atoms with E-state index in [0.29, 0.717) is 5.69 Å². The van der Waals surface area contributed by atoms with E-state index < -0.39 is 59.0 Å². The maximum absolute atomic E-state index is 12.9. The van der Waals surface area contributed by atoms with E-state index in [1.165, 1.54) is 24.3 Å². The lowest BCUT2D eigenvalue weighted by atomic mass is 9.98. The molecule has 12 heteroatoms. The second kappa shape index (κ2) is 8.05. The Hall–Kier alpha value is -2.64. The number of hydrogen-bond acceptors (Lipinski definition) is 9. The number of rotatable bonds is 5. The number of ether oxygens (including phenoxy) is 5. The molecule has 0 unspecified atom stereocenters. The fourth-order valence-corrected chi connectivity index (χ4v) is 3.96. The van der Waals surface area contributed by atoms with Crippen LogP contribution in [0.5, 0.6) is 0 Å². The lowest BCUT2D eigenvalue weighted by Crippen LogP contribution is -2.59. The zero-order valence-corrected chi connectivity index (χ0v) is 18.0. The predicted octanol–water partition coefficient (Wildman–Crippen LogP) is 1.05. The first-order chi connectivity index (χ1) is 14.9. The lowest BCUT2D eigenvalue weighted by Gasteiger charge is -2.36. The summed E-state index contributed by atoms with van der Waals surface area (Å²) in [6, 6.07) is 5.34. The van der Waals surface area contributed by atoms with Gasteiger partial charge in [-0.1, -0.05) is 0 Å². The monoisotopic (exact) mass is 451 g/mol. The van der Waals surface area contributed by atoms with Crippen LogP contribution >= 0.6 is 0 Å². The van der Waals surface area contributed by atoms with Gasteiger partial charge in [-0.3, -0.25) is 19.7 Å². The molecule has 0 aromatic heterocycles. The van der Waals surface area contributed by atoms with Gasteiger partial charge in [-0.25, -0.2) is 0 Å². The van der Waals surface area contributed by atoms with E-state index in [9.17, 15) is 19.7 Å². The van der Waals surface area contributed by atoms with Crippen molar-refractivity contribution in [1.82, 2.24) is 5.32 Å². The summed E-state index contributed by atoms with van der Waals surface area (Å²) < 4.78 is 29.3. The maximum atomic E-state index is 12.9. The topological polar surface area (TPSA) is 147 Å². The van der Waals surface area contributed by atoms with E-state index in [1.54, 1.807) is 27.7 Å². The van der Waals surface area contributed by atoms with E-state index >= 15 is 0 Å². The standard InChI is InChI=1S/C20H25N3O9/c1-19(2)29-13-14(30-19)16-18(32-20(3,4)31-16)28-15(13)17(25)21-9-12(24)22-10-5-7-11(8-6-10)23(26)27/h5-8,13-16,18H,9H2,1-4H3,(H,21,25)(H,22,24)/t13-,14+,15+,16-,18+/m1/s1. The average molecular weight is 451 g/mol. The van der Waals surface area contributed by atoms with Gasteiger partial charge in [-0.15, -0.1) is 0 Å². The Labute approximate surface area is 183 Å². The summed E-state index contributed by atoms with van der Waals surface area (Å²) in [6.45, 7) is 6.60. The van der Waals surface area contributed by atoms with Crippen LogP contribution in [-0.2, 0) is 33.3 Å². The van der Waals surface area contributed by atoms with Gasteiger partial charge in [0.2, 0.25) is 5.91 Å². The Bertz CT molecular complexity index is 917. The molecule has 1 aromatic rings. The van der Waals surface area contributed by atoms with Gasteiger partial charge >= 0.3 is 0 Å². The Balaban J connectivity index is 1.38. The number of nitro groups is 1. The molecule has 3 aliphatic heterocycles. The van der Waals surface area contributed by atoms with Crippen molar-refractivity contribution in [1.29, 1.82) is 0 Å². The molecule has 0 aliphatic carbocycles. The zero-order chi connectivity index (χ0) is 23.3. The highest BCUT2D eigenvalue weighted by molar-refractivity contribution is 5.95. The fraction of sp³-hybridized carbons (Fsp3) is 0.600. The molecule has 3 saturated heterocycles. The molecule has 0 saturated carbocycles. The van der Waals surface area contributed by atoms with Crippen LogP contribution in [-0.4, -0.2) is 65.6 Å². The molecule has 3 heterocycles. The highest BCUT2D eigenvalue weighted by Gasteiger charge is 2.62. The second-order valence-corrected chi connectivity index (χ2v) is 8.66. The average Bonchev–Trinajstić information content (AvgIpc) is 3.19. The van der Waals surface area contributed by atoms with Gasteiger partial charge in [-0.2, -0.15) is 0 Å². The summed E-state index contributed by atoms with van der Waals surface area (Å²) in [5.74, 6) is -2.93. The van der Waals surface area contributed by atoms with Crippen molar-refractivity contribution in [2.24, 2.45) is 0 Å². The lowest BCUT2D eigenvalue weighted by molar-refractivity contribution is -0.384. The van der Waals surface area contributed by atoms with Crippen LogP contribution in [0, 0.1) is 10.1 Å². The van der Waals surface area contributed by atoms with Crippen LogP contribution in [0.1, 0.15) is 27.7 Å². The molecule has 2 N–H and O–H groups in total. The quantitative estimate of drug-likeness (QED) is 0.495. The predicted molar refractivity (Wildman–Crippen MR) is 107 cm³/mol. The molecule has 0 bridgehead atoms. The van der Waals surface area contributed by atoms with E-state index in [0.717, 1.165) is 0 Å². The van der Waals surface area contributed by atoms with Gasteiger partial charge in [0.25, 0.3) is 11.6 Å². The summed E-state index contributed by atoms with van der Waals surface area (Å²) in [6.07, 6.45) is -3.80. The van der Waals surface area contributed by atoms with Crippen molar-refractivity contribution in [3.63, 3.8) is 0 Å². The first-order valence-electron chi connectivity index (χ1n) is 10.1. The van der Waals surface area contributed by atoms with Crippen molar-refractivity contribution >= 4 is 23.2 Å². The van der Waals surface area contributed by atoms with Gasteiger partial charge < -0.3 is 34.3 Å². The molecule has 3 aliphatic rings. The number of nitro benzene ring substituents is 1. The van der Waals surface area contributed by atoms with Crippen LogP contribution in [0.25, 0.3) is 0 Å². The number of carbonyl (C=O) groups is 2. The molecule has 174 valence electrons. The van der Waals surface area contributed by atoms with Crippen LogP contribution < -0.4 is 10.6 Å². The van der Waals surface area contributed by atoms with Gasteiger partial charge in [0, 0.05) is 17.8 Å². The van der Waals surface area contributed by atoms with Gasteiger partial charge in [0.1, 0.15) is 18.3 Å². The molecule has 0 spiro atoms. The van der Waals surface area contributed by atoms with E-state index in [4.69, 9.17) is 23.7 Å². The summed E-state index contributed by atoms with van der Waals surface area (Å²) in [7, 11) is 0. The fourth-order valence-electron chi connectivity index (χ4n) is 3.96. The molecule has 0 radical (unpaired) electrons. The highest BCUT2D eigenvalue weighted by atomic mass is 16.9. The third kappa shape index (κ3) is 4.59. The number of anilines is 1. The van der Waals surface area contributed by atoms with Gasteiger partial charge in [0.15, 0.2) is 24.0 Å². The largest absolute Gasteiger partial charge is 0.345 e. The SMILES string of the molecule is CC1(C)O[C@H]2[C@@H](O1)[C@@H](C(=O)NCC(=O)Nc1ccc([N+](=O)[O-])cc1)O[C@H]1OC(C)(C)O[C@@H]12. The molecule has 5 atom stereocenters. The third-order valence-electron chi connectivity index (χ3n) is 5.20. The molecule has 2 amide bonds. The number of nitrogens with zero attached hydrogens (tertiary/aromatic N) is 1. The normalized spacial score (nSPS) is 31.9. The highest BCUT2D eigenvalue weighted by Crippen LogP contribution is 2.44. The Morgan fingerprint density at radius 1 is 0.969 bits per heavy atom. The minimum absolute atomic E-state index is 0.0957. The Morgan fingerprint density at radius 3 is 2.22 bits per heavy atom. The maximum Gasteiger partial charge on any atom is 0.269 e.